The van der Waals surface area contributed by atoms with Gasteiger partial charge in [0.2, 0.25) is 0 Å². The highest BCUT2D eigenvalue weighted by atomic mass is 19.1. The first kappa shape index (κ1) is 13.7. The predicted molar refractivity (Wildman–Crippen MR) is 69.5 cm³/mol. The highest BCUT2D eigenvalue weighted by Crippen LogP contribution is 2.22. The molecule has 0 aliphatic heterocycles. The van der Waals surface area contributed by atoms with Crippen LogP contribution in [-0.4, -0.2) is 9.97 Å². The summed E-state index contributed by atoms with van der Waals surface area (Å²) < 4.78 is 26.9. The number of nitrogens with one attached hydrogen (secondary N) is 2. The van der Waals surface area contributed by atoms with Crippen LogP contribution in [-0.2, 0) is 0 Å². The van der Waals surface area contributed by atoms with Gasteiger partial charge in [0.1, 0.15) is 17.5 Å². The molecule has 1 aromatic heterocycles. The van der Waals surface area contributed by atoms with Crippen molar-refractivity contribution in [1.82, 2.24) is 15.3 Å². The molecule has 1 heterocycles. The van der Waals surface area contributed by atoms with Gasteiger partial charge in [0.05, 0.1) is 6.04 Å². The van der Waals surface area contributed by atoms with Crippen LogP contribution in [0.4, 0.5) is 8.78 Å². The van der Waals surface area contributed by atoms with Crippen LogP contribution in [0.5, 0.6) is 0 Å². The fraction of sp³-hybridized carbons (Fsp3) is 0.357. The number of nitrogens with zero attached hydrogens (tertiary/aromatic N) is 1. The largest absolute Gasteiger partial charge is 0.347 e. The minimum absolute atomic E-state index is 0.0207. The van der Waals surface area contributed by atoms with Gasteiger partial charge in [0.15, 0.2) is 0 Å². The van der Waals surface area contributed by atoms with Gasteiger partial charge < -0.3 is 10.3 Å². The number of halogens is 2. The number of aromatic amines is 1. The van der Waals surface area contributed by atoms with Gasteiger partial charge in [-0.05, 0) is 31.5 Å². The monoisotopic (exact) mass is 265 g/mol. The SMILES string of the molecule is CCC(NC(C)c1cc(F)ccc1F)c1ncc[nH]1. The first-order valence-electron chi connectivity index (χ1n) is 6.32. The second-order valence-corrected chi connectivity index (χ2v) is 4.49. The van der Waals surface area contributed by atoms with E-state index in [4.69, 9.17) is 0 Å². The number of imidazole rings is 1. The molecule has 0 radical (unpaired) electrons. The van der Waals surface area contributed by atoms with Crippen LogP contribution < -0.4 is 5.32 Å². The molecule has 0 bridgehead atoms. The molecule has 2 atom stereocenters. The summed E-state index contributed by atoms with van der Waals surface area (Å²) in [6.45, 7) is 3.82. The lowest BCUT2D eigenvalue weighted by Gasteiger charge is -2.21. The maximum atomic E-state index is 13.7. The van der Waals surface area contributed by atoms with Crippen molar-refractivity contribution in [2.75, 3.05) is 0 Å². The second kappa shape index (κ2) is 5.93. The summed E-state index contributed by atoms with van der Waals surface area (Å²) in [7, 11) is 0. The minimum Gasteiger partial charge on any atom is -0.347 e. The van der Waals surface area contributed by atoms with E-state index in [1.165, 1.54) is 6.07 Å². The van der Waals surface area contributed by atoms with Gasteiger partial charge in [-0.25, -0.2) is 13.8 Å². The molecule has 0 spiro atoms. The lowest BCUT2D eigenvalue weighted by molar-refractivity contribution is 0.427. The lowest BCUT2D eigenvalue weighted by Crippen LogP contribution is -2.25. The second-order valence-electron chi connectivity index (χ2n) is 4.49. The summed E-state index contributed by atoms with van der Waals surface area (Å²) >= 11 is 0. The Morgan fingerprint density at radius 2 is 2.16 bits per heavy atom. The fourth-order valence-corrected chi connectivity index (χ4v) is 2.10. The van der Waals surface area contributed by atoms with Gasteiger partial charge in [0.25, 0.3) is 0 Å². The molecule has 2 rings (SSSR count). The van der Waals surface area contributed by atoms with Crippen LogP contribution >= 0.6 is 0 Å². The fourth-order valence-electron chi connectivity index (χ4n) is 2.10. The number of hydrogen-bond donors (Lipinski definition) is 2. The average molecular weight is 265 g/mol. The van der Waals surface area contributed by atoms with Crippen molar-refractivity contribution in [2.24, 2.45) is 0 Å². The Morgan fingerprint density at radius 3 is 2.79 bits per heavy atom. The van der Waals surface area contributed by atoms with E-state index in [2.05, 4.69) is 15.3 Å². The number of aromatic nitrogens is 2. The first-order valence-corrected chi connectivity index (χ1v) is 6.32. The Morgan fingerprint density at radius 1 is 1.37 bits per heavy atom. The molecule has 0 fully saturated rings. The highest BCUT2D eigenvalue weighted by Gasteiger charge is 2.18. The summed E-state index contributed by atoms with van der Waals surface area (Å²) in [6, 6.07) is 3.17. The summed E-state index contributed by atoms with van der Waals surface area (Å²) in [5.41, 5.74) is 0.324. The molecule has 1 aromatic carbocycles. The summed E-state index contributed by atoms with van der Waals surface area (Å²) in [4.78, 5) is 7.22. The molecule has 5 heteroatoms. The highest BCUT2D eigenvalue weighted by molar-refractivity contribution is 5.22. The Bertz CT molecular complexity index is 525. The molecule has 0 aliphatic rings. The molecule has 2 N–H and O–H groups in total. The van der Waals surface area contributed by atoms with Gasteiger partial charge in [-0.15, -0.1) is 0 Å². The Kier molecular flexibility index (Phi) is 4.27. The van der Waals surface area contributed by atoms with Crippen LogP contribution in [0.1, 0.15) is 43.7 Å². The van der Waals surface area contributed by atoms with E-state index in [0.717, 1.165) is 24.4 Å². The van der Waals surface area contributed by atoms with Crippen molar-refractivity contribution in [3.8, 4) is 0 Å². The van der Waals surface area contributed by atoms with Crippen molar-refractivity contribution >= 4 is 0 Å². The number of hydrogen-bond acceptors (Lipinski definition) is 2. The molecule has 102 valence electrons. The normalized spacial score (nSPS) is 14.3. The molecular formula is C14H17F2N3. The van der Waals surface area contributed by atoms with E-state index in [1.807, 2.05) is 13.8 Å². The standard InChI is InChI=1S/C14H17F2N3/c1-3-13(14-17-6-7-18-14)19-9(2)11-8-10(15)4-5-12(11)16/h4-9,13,19H,3H2,1-2H3,(H,17,18). The van der Waals surface area contributed by atoms with E-state index < -0.39 is 11.6 Å². The van der Waals surface area contributed by atoms with Crippen molar-refractivity contribution < 1.29 is 8.78 Å². The Labute approximate surface area is 111 Å². The zero-order chi connectivity index (χ0) is 13.8. The van der Waals surface area contributed by atoms with Crippen LogP contribution in [0.3, 0.4) is 0 Å². The molecule has 2 unspecified atom stereocenters. The first-order chi connectivity index (χ1) is 9.11. The van der Waals surface area contributed by atoms with E-state index >= 15 is 0 Å². The number of rotatable bonds is 5. The predicted octanol–water partition coefficient (Wildman–Crippen LogP) is 3.49. The Balaban J connectivity index is 2.15. The van der Waals surface area contributed by atoms with E-state index in [-0.39, 0.29) is 12.1 Å². The van der Waals surface area contributed by atoms with Crippen LogP contribution in [0.15, 0.2) is 30.6 Å². The van der Waals surface area contributed by atoms with Crippen LogP contribution in [0.2, 0.25) is 0 Å². The zero-order valence-corrected chi connectivity index (χ0v) is 11.0. The number of benzene rings is 1. The third-order valence-corrected chi connectivity index (χ3v) is 3.13. The van der Waals surface area contributed by atoms with Crippen molar-refractivity contribution in [1.29, 1.82) is 0 Å². The van der Waals surface area contributed by atoms with Crippen LogP contribution in [0, 0.1) is 11.6 Å². The number of H-pyrrole nitrogens is 1. The topological polar surface area (TPSA) is 40.7 Å². The average Bonchev–Trinajstić information content (AvgIpc) is 2.92. The van der Waals surface area contributed by atoms with Crippen molar-refractivity contribution in [2.45, 2.75) is 32.4 Å². The maximum absolute atomic E-state index is 13.7. The molecule has 0 aliphatic carbocycles. The summed E-state index contributed by atoms with van der Waals surface area (Å²) in [6.07, 6.45) is 4.22. The van der Waals surface area contributed by atoms with E-state index in [1.54, 1.807) is 12.4 Å². The summed E-state index contributed by atoms with van der Waals surface area (Å²) in [5.74, 6) is -0.0436. The summed E-state index contributed by atoms with van der Waals surface area (Å²) in [5, 5.41) is 3.25. The van der Waals surface area contributed by atoms with Gasteiger partial charge in [0, 0.05) is 24.0 Å². The Hall–Kier alpha value is -1.75. The molecule has 0 amide bonds. The minimum atomic E-state index is -0.434. The van der Waals surface area contributed by atoms with E-state index in [0.29, 0.717) is 5.56 Å². The molecule has 19 heavy (non-hydrogen) atoms. The van der Waals surface area contributed by atoms with Crippen molar-refractivity contribution in [3.63, 3.8) is 0 Å². The van der Waals surface area contributed by atoms with Gasteiger partial charge >= 0.3 is 0 Å². The van der Waals surface area contributed by atoms with Crippen LogP contribution in [0.25, 0.3) is 0 Å². The van der Waals surface area contributed by atoms with Gasteiger partial charge in [-0.2, -0.15) is 0 Å². The zero-order valence-electron chi connectivity index (χ0n) is 11.0. The molecule has 0 saturated carbocycles. The maximum Gasteiger partial charge on any atom is 0.128 e. The third-order valence-electron chi connectivity index (χ3n) is 3.13. The lowest BCUT2D eigenvalue weighted by atomic mass is 10.1. The van der Waals surface area contributed by atoms with Gasteiger partial charge in [-0.3, -0.25) is 0 Å². The quantitative estimate of drug-likeness (QED) is 0.868. The van der Waals surface area contributed by atoms with Gasteiger partial charge in [-0.1, -0.05) is 6.92 Å². The molecular weight excluding hydrogens is 248 g/mol. The molecule has 2 aromatic rings. The third kappa shape index (κ3) is 3.17. The molecule has 0 saturated heterocycles. The van der Waals surface area contributed by atoms with Crippen molar-refractivity contribution in [3.05, 3.63) is 53.6 Å². The molecule has 3 nitrogen and oxygen atoms in total. The smallest absolute Gasteiger partial charge is 0.128 e. The van der Waals surface area contributed by atoms with E-state index in [9.17, 15) is 8.78 Å².